The highest BCUT2D eigenvalue weighted by molar-refractivity contribution is 6.02. The van der Waals surface area contributed by atoms with E-state index >= 15 is 4.79 Å². The van der Waals surface area contributed by atoms with E-state index in [2.05, 4.69) is 80.1 Å². The highest BCUT2D eigenvalue weighted by Gasteiger charge is 2.77. The van der Waals surface area contributed by atoms with Crippen molar-refractivity contribution in [2.75, 3.05) is 26.8 Å². The predicted octanol–water partition coefficient (Wildman–Crippen LogP) is 10.8. The lowest BCUT2D eigenvalue weighted by Crippen LogP contribution is -2.72. The summed E-state index contributed by atoms with van der Waals surface area (Å²) in [5.41, 5.74) is 7.41. The molecule has 6 aliphatic carbocycles. The lowest BCUT2D eigenvalue weighted by atomic mass is 9.30. The van der Waals surface area contributed by atoms with E-state index in [4.69, 9.17) is 9.47 Å². The predicted molar refractivity (Wildman–Crippen MR) is 285 cm³/mol. The zero-order valence-corrected chi connectivity index (χ0v) is 45.8. The third-order valence-electron chi connectivity index (χ3n) is 23.6. The number of rotatable bonds is 10. The fourth-order valence-corrected chi connectivity index (χ4v) is 19.6. The van der Waals surface area contributed by atoms with Crippen LogP contribution in [0.25, 0.3) is 11.0 Å². The maximum Gasteiger partial charge on any atom is 0.160 e. The van der Waals surface area contributed by atoms with Crippen LogP contribution in [-0.2, 0) is 38.4 Å². The van der Waals surface area contributed by atoms with Crippen molar-refractivity contribution in [3.05, 3.63) is 69.6 Å². The number of aromatic nitrogens is 2. The van der Waals surface area contributed by atoms with Crippen molar-refractivity contribution in [1.29, 1.82) is 0 Å². The Hall–Kier alpha value is -3.12. The number of aliphatic hydroxyl groups is 3. The van der Waals surface area contributed by atoms with Crippen LogP contribution in [0.5, 0.6) is 0 Å². The molecule has 3 aliphatic heterocycles. The smallest absolute Gasteiger partial charge is 0.160 e. The zero-order valence-electron chi connectivity index (χ0n) is 45.8. The first-order chi connectivity index (χ1) is 34.7. The number of benzene rings is 1. The number of aromatic amines is 1. The fraction of sp³-hybridized carbons (Fsp3) is 0.746. The number of hydrogen-bond acceptors (Lipinski definition) is 8. The summed E-state index contributed by atoms with van der Waals surface area (Å²) in [6.07, 6.45) is 18.6. The second kappa shape index (κ2) is 17.7. The number of aryl methyl sites for hydroxylation is 1. The number of Topliss-reactive ketones (excluding diaryl/α,β-unsaturated/α-hetero) is 2. The minimum atomic E-state index is -0.824. The quantitative estimate of drug-likeness (QED) is 0.126. The van der Waals surface area contributed by atoms with Crippen LogP contribution < -0.4 is 5.32 Å². The molecule has 13 unspecified atom stereocenters. The van der Waals surface area contributed by atoms with Crippen LogP contribution in [-0.4, -0.2) is 93.3 Å². The maximum atomic E-state index is 15.7. The van der Waals surface area contributed by atoms with E-state index in [1.807, 2.05) is 20.9 Å². The van der Waals surface area contributed by atoms with Crippen molar-refractivity contribution in [1.82, 2.24) is 14.9 Å². The second-order valence-corrected chi connectivity index (χ2v) is 27.9. The SMILES string of the molecule is CNCCC1(C)C(=O)CC2(CCC(O)C2)C2(C)C1CCC1(C)C2C(O)C2Cn3cc(Cc4cc(C5CCCCC5)cc(C5CCOCC5)c4)c4[nH]cc(c43)CCC(C)(CC(O)C3OC3(C)C)C3=C2C1(C)CC3=O. The molecule has 0 radical (unpaired) electrons. The van der Waals surface area contributed by atoms with E-state index in [0.29, 0.717) is 62.7 Å². The number of hydrogen-bond donors (Lipinski definition) is 5. The van der Waals surface area contributed by atoms with Crippen LogP contribution in [0.1, 0.15) is 197 Å². The molecule has 2 aromatic heterocycles. The normalized spacial score (nSPS) is 41.0. The molecule has 5 saturated carbocycles. The molecule has 1 aromatic carbocycles. The third kappa shape index (κ3) is 7.56. The first-order valence-electron chi connectivity index (χ1n) is 29.3. The Morgan fingerprint density at radius 2 is 1.59 bits per heavy atom. The fourth-order valence-electron chi connectivity index (χ4n) is 19.6. The van der Waals surface area contributed by atoms with Gasteiger partial charge in [-0.05, 0) is 190 Å². The van der Waals surface area contributed by atoms with E-state index in [-0.39, 0.29) is 23.7 Å². The van der Waals surface area contributed by atoms with Crippen LogP contribution in [0.3, 0.4) is 0 Å². The van der Waals surface area contributed by atoms with Crippen LogP contribution in [0.2, 0.25) is 0 Å². The first-order valence-corrected chi connectivity index (χ1v) is 29.3. The standard InChI is InChI=1S/C63H89N3O7/c1-57(2)56(73-57)47(69)31-58(3)19-14-40-34-65-52-43(28-37-26-41(38-12-10-9-11-13-38)29-42(27-37)39-17-24-72-25-18-39)35-66(53(40)52)36-45-50-51(58)46(68)32-61(50,6)60(5)20-16-48-59(4,22-23-64-8)49(70)33-63(21-15-44(67)30-63)62(48,7)55(60)54(45)71/h26-27,29,34-35,38-39,44-45,47-48,54-56,64-65,67,69,71H,9-25,28,30-33,36H2,1-8H3. The van der Waals surface area contributed by atoms with Crippen LogP contribution in [0.15, 0.2) is 41.7 Å². The summed E-state index contributed by atoms with van der Waals surface area (Å²) in [5, 5.41) is 41.4. The number of ketones is 2. The van der Waals surface area contributed by atoms with E-state index < -0.39 is 62.3 Å². The van der Waals surface area contributed by atoms with Crippen molar-refractivity contribution >= 4 is 22.6 Å². The molecule has 2 saturated heterocycles. The number of carbonyl (C=O) groups excluding carboxylic acids is 2. The molecule has 73 heavy (non-hydrogen) atoms. The van der Waals surface area contributed by atoms with Gasteiger partial charge in [0.05, 0.1) is 34.9 Å². The molecule has 13 atom stereocenters. The molecule has 12 rings (SSSR count). The number of H-pyrrole nitrogens is 1. The molecular weight excluding hydrogens is 911 g/mol. The Bertz CT molecular complexity index is 2670. The third-order valence-corrected chi connectivity index (χ3v) is 23.6. The van der Waals surface area contributed by atoms with Crippen LogP contribution in [0, 0.1) is 50.2 Å². The summed E-state index contributed by atoms with van der Waals surface area (Å²) < 4.78 is 14.5. The molecule has 398 valence electrons. The number of fused-ring (bicyclic) bond motifs is 5. The Morgan fingerprint density at radius 1 is 0.877 bits per heavy atom. The van der Waals surface area contributed by atoms with E-state index in [9.17, 15) is 20.1 Å². The van der Waals surface area contributed by atoms with Gasteiger partial charge < -0.3 is 39.7 Å². The first kappa shape index (κ1) is 50.7. The number of nitrogens with one attached hydrogen (secondary N) is 2. The lowest BCUT2D eigenvalue weighted by Gasteiger charge is -2.74. The highest BCUT2D eigenvalue weighted by atomic mass is 16.6. The molecule has 9 aliphatic rings. The number of allylic oxidation sites excluding steroid dienone is 1. The van der Waals surface area contributed by atoms with Crippen molar-refractivity contribution < 1.29 is 34.4 Å². The largest absolute Gasteiger partial charge is 0.393 e. The van der Waals surface area contributed by atoms with E-state index in [1.165, 1.54) is 65.4 Å². The summed E-state index contributed by atoms with van der Waals surface area (Å²) in [6.45, 7) is 18.7. The van der Waals surface area contributed by atoms with Gasteiger partial charge in [-0.25, -0.2) is 0 Å². The number of nitrogens with zero attached hydrogens (tertiary/aromatic N) is 1. The van der Waals surface area contributed by atoms with Gasteiger partial charge in [0, 0.05) is 73.7 Å². The topological polar surface area (TPSA) is 149 Å². The summed E-state index contributed by atoms with van der Waals surface area (Å²) in [6, 6.07) is 7.57. The monoisotopic (exact) mass is 1000 g/mol. The highest BCUT2D eigenvalue weighted by Crippen LogP contribution is 2.80. The number of epoxide rings is 1. The van der Waals surface area contributed by atoms with Gasteiger partial charge >= 0.3 is 0 Å². The molecule has 1 spiro atoms. The van der Waals surface area contributed by atoms with Gasteiger partial charge in [-0.15, -0.1) is 0 Å². The second-order valence-electron chi connectivity index (χ2n) is 27.9. The molecule has 10 nitrogen and oxygen atoms in total. The van der Waals surface area contributed by atoms with Gasteiger partial charge in [0.2, 0.25) is 0 Å². The van der Waals surface area contributed by atoms with Gasteiger partial charge in [-0.2, -0.15) is 0 Å². The lowest BCUT2D eigenvalue weighted by molar-refractivity contribution is -0.262. The van der Waals surface area contributed by atoms with E-state index in [0.717, 1.165) is 87.8 Å². The molecule has 0 bridgehead atoms. The Morgan fingerprint density at radius 3 is 2.26 bits per heavy atom. The zero-order chi connectivity index (χ0) is 51.3. The Balaban J connectivity index is 1.02. The molecule has 0 amide bonds. The van der Waals surface area contributed by atoms with Crippen molar-refractivity contribution in [3.8, 4) is 0 Å². The molecule has 5 N–H and O–H groups in total. The van der Waals surface area contributed by atoms with Crippen molar-refractivity contribution in [3.63, 3.8) is 0 Å². The minimum absolute atomic E-state index is 0.0109. The average Bonchev–Trinajstić information content (AvgIpc) is 3.82. The molecule has 3 aromatic rings. The summed E-state index contributed by atoms with van der Waals surface area (Å²) in [5.74, 6) is 0.975. The summed E-state index contributed by atoms with van der Waals surface area (Å²) in [7, 11) is 1.97. The Labute approximate surface area is 435 Å². The Kier molecular flexibility index (Phi) is 12.3. The average molecular weight is 1000 g/mol. The molecule has 7 fully saturated rings. The summed E-state index contributed by atoms with van der Waals surface area (Å²) in [4.78, 5) is 34.5. The maximum absolute atomic E-state index is 15.7. The minimum Gasteiger partial charge on any atom is -0.393 e. The van der Waals surface area contributed by atoms with Crippen molar-refractivity contribution in [2.24, 2.45) is 50.2 Å². The van der Waals surface area contributed by atoms with Crippen molar-refractivity contribution in [2.45, 2.75) is 219 Å². The van der Waals surface area contributed by atoms with E-state index in [1.54, 1.807) is 0 Å². The van der Waals surface area contributed by atoms with Gasteiger partial charge in [0.1, 0.15) is 11.9 Å². The van der Waals surface area contributed by atoms with Crippen LogP contribution in [0.4, 0.5) is 0 Å². The summed E-state index contributed by atoms with van der Waals surface area (Å²) >= 11 is 0. The number of ether oxygens (including phenoxy) is 2. The molecule has 10 heteroatoms. The van der Waals surface area contributed by atoms with Gasteiger partial charge in [-0.3, -0.25) is 9.59 Å². The number of carbonyl (C=O) groups is 2. The van der Waals surface area contributed by atoms with Gasteiger partial charge in [0.15, 0.2) is 5.78 Å². The van der Waals surface area contributed by atoms with Crippen LogP contribution >= 0.6 is 0 Å². The molecular formula is C63H89N3O7. The van der Waals surface area contributed by atoms with Gasteiger partial charge in [0.25, 0.3) is 0 Å². The molecule has 5 heterocycles. The number of aliphatic hydroxyl groups excluding tert-OH is 3. The van der Waals surface area contributed by atoms with Gasteiger partial charge in [-0.1, -0.05) is 72.1 Å².